The van der Waals surface area contributed by atoms with Crippen molar-refractivity contribution in [3.05, 3.63) is 35.9 Å². The number of rotatable bonds is 6. The van der Waals surface area contributed by atoms with Gasteiger partial charge in [-0.05, 0) is 12.5 Å². The van der Waals surface area contributed by atoms with Gasteiger partial charge in [-0.3, -0.25) is 4.99 Å². The number of aliphatic imine (C=N–C) groups is 1. The topological polar surface area (TPSA) is 34.1 Å². The van der Waals surface area contributed by atoms with Crippen LogP contribution in [0.5, 0.6) is 0 Å². The smallest absolute Gasteiger partial charge is 0.104 e. The fraction of sp³-hybridized carbons (Fsp3) is 0.462. The van der Waals surface area contributed by atoms with Crippen LogP contribution in [0.4, 0.5) is 0 Å². The largest absolute Gasteiger partial charge is 0.374 e. The van der Waals surface area contributed by atoms with Crippen molar-refractivity contribution in [2.45, 2.75) is 19.1 Å². The van der Waals surface area contributed by atoms with Crippen LogP contribution in [0.3, 0.4) is 0 Å². The van der Waals surface area contributed by atoms with Crippen molar-refractivity contribution >= 4 is 6.21 Å². The standard InChI is InChI=1S/C13H17NO2/c1-11(15-9-13-10-16-13)7-14-8-12-5-3-2-4-6-12/h2-6,8,11,13H,7,9-10H2,1H3. The molecule has 1 aromatic carbocycles. The summed E-state index contributed by atoms with van der Waals surface area (Å²) < 4.78 is 10.6. The van der Waals surface area contributed by atoms with E-state index in [-0.39, 0.29) is 6.10 Å². The Morgan fingerprint density at radius 3 is 2.94 bits per heavy atom. The van der Waals surface area contributed by atoms with Gasteiger partial charge >= 0.3 is 0 Å². The Morgan fingerprint density at radius 2 is 2.25 bits per heavy atom. The lowest BCUT2D eigenvalue weighted by Crippen LogP contribution is -2.15. The third-order valence-electron chi connectivity index (χ3n) is 2.37. The molecule has 3 heteroatoms. The number of epoxide rings is 1. The molecule has 2 atom stereocenters. The number of ether oxygens (including phenoxy) is 2. The van der Waals surface area contributed by atoms with Crippen molar-refractivity contribution in [2.24, 2.45) is 4.99 Å². The maximum absolute atomic E-state index is 5.57. The molecule has 1 aliphatic heterocycles. The van der Waals surface area contributed by atoms with E-state index in [9.17, 15) is 0 Å². The molecule has 0 aromatic heterocycles. The van der Waals surface area contributed by atoms with E-state index in [1.165, 1.54) is 0 Å². The summed E-state index contributed by atoms with van der Waals surface area (Å²) >= 11 is 0. The summed E-state index contributed by atoms with van der Waals surface area (Å²) in [6.45, 7) is 4.27. The van der Waals surface area contributed by atoms with E-state index in [0.29, 0.717) is 19.3 Å². The van der Waals surface area contributed by atoms with Crippen molar-refractivity contribution < 1.29 is 9.47 Å². The Bertz CT molecular complexity index is 333. The maximum atomic E-state index is 5.57. The first-order valence-electron chi connectivity index (χ1n) is 5.62. The normalized spacial score (nSPS) is 21.2. The average molecular weight is 219 g/mol. The Kier molecular flexibility index (Phi) is 4.08. The van der Waals surface area contributed by atoms with Crippen LogP contribution in [0, 0.1) is 0 Å². The quantitative estimate of drug-likeness (QED) is 0.541. The zero-order chi connectivity index (χ0) is 11.2. The van der Waals surface area contributed by atoms with Crippen LogP contribution in [0.1, 0.15) is 12.5 Å². The highest BCUT2D eigenvalue weighted by atomic mass is 16.6. The zero-order valence-corrected chi connectivity index (χ0v) is 9.50. The van der Waals surface area contributed by atoms with Crippen molar-refractivity contribution in [3.8, 4) is 0 Å². The van der Waals surface area contributed by atoms with Gasteiger partial charge in [0, 0.05) is 6.21 Å². The van der Waals surface area contributed by atoms with E-state index in [1.807, 2.05) is 43.5 Å². The second-order valence-corrected chi connectivity index (χ2v) is 4.00. The molecule has 0 amide bonds. The Labute approximate surface area is 96.1 Å². The van der Waals surface area contributed by atoms with E-state index in [2.05, 4.69) is 4.99 Å². The van der Waals surface area contributed by atoms with E-state index in [1.54, 1.807) is 0 Å². The summed E-state index contributed by atoms with van der Waals surface area (Å²) in [5.74, 6) is 0. The molecule has 1 fully saturated rings. The summed E-state index contributed by atoms with van der Waals surface area (Å²) in [5.41, 5.74) is 1.13. The highest BCUT2D eigenvalue weighted by Crippen LogP contribution is 2.09. The number of nitrogens with zero attached hydrogens (tertiary/aromatic N) is 1. The van der Waals surface area contributed by atoms with Crippen molar-refractivity contribution in [1.82, 2.24) is 0 Å². The van der Waals surface area contributed by atoms with Gasteiger partial charge in [0.25, 0.3) is 0 Å². The Hall–Kier alpha value is -1.19. The molecule has 86 valence electrons. The molecular formula is C13H17NO2. The number of benzene rings is 1. The summed E-state index contributed by atoms with van der Waals surface area (Å²) in [6.07, 6.45) is 2.37. The van der Waals surface area contributed by atoms with E-state index in [4.69, 9.17) is 9.47 Å². The molecule has 0 bridgehead atoms. The Balaban J connectivity index is 1.67. The van der Waals surface area contributed by atoms with Crippen molar-refractivity contribution in [2.75, 3.05) is 19.8 Å². The van der Waals surface area contributed by atoms with Crippen LogP contribution in [0.25, 0.3) is 0 Å². The first-order chi connectivity index (χ1) is 7.84. The minimum atomic E-state index is 0.157. The van der Waals surface area contributed by atoms with Gasteiger partial charge in [-0.1, -0.05) is 30.3 Å². The SMILES string of the molecule is CC(CN=Cc1ccccc1)OCC1CO1. The van der Waals surface area contributed by atoms with Gasteiger partial charge in [-0.25, -0.2) is 0 Å². The minimum Gasteiger partial charge on any atom is -0.374 e. The molecule has 0 spiro atoms. The van der Waals surface area contributed by atoms with Gasteiger partial charge in [0.2, 0.25) is 0 Å². The zero-order valence-electron chi connectivity index (χ0n) is 9.50. The molecule has 2 unspecified atom stereocenters. The predicted molar refractivity (Wildman–Crippen MR) is 64.1 cm³/mol. The van der Waals surface area contributed by atoms with Gasteiger partial charge < -0.3 is 9.47 Å². The van der Waals surface area contributed by atoms with Gasteiger partial charge in [0.15, 0.2) is 0 Å². The van der Waals surface area contributed by atoms with Crippen molar-refractivity contribution in [1.29, 1.82) is 0 Å². The fourth-order valence-corrected chi connectivity index (χ4v) is 1.33. The summed E-state index contributed by atoms with van der Waals surface area (Å²) in [5, 5.41) is 0. The van der Waals surface area contributed by atoms with Gasteiger partial charge in [-0.15, -0.1) is 0 Å². The van der Waals surface area contributed by atoms with Gasteiger partial charge in [0.1, 0.15) is 6.10 Å². The first kappa shape index (κ1) is 11.3. The molecule has 1 aliphatic rings. The lowest BCUT2D eigenvalue weighted by molar-refractivity contribution is 0.0603. The van der Waals surface area contributed by atoms with Crippen LogP contribution in [-0.4, -0.2) is 38.2 Å². The van der Waals surface area contributed by atoms with Crippen LogP contribution in [-0.2, 0) is 9.47 Å². The van der Waals surface area contributed by atoms with E-state index >= 15 is 0 Å². The van der Waals surface area contributed by atoms with E-state index in [0.717, 1.165) is 12.2 Å². The van der Waals surface area contributed by atoms with Gasteiger partial charge in [0.05, 0.1) is 25.9 Å². The molecular weight excluding hydrogens is 202 g/mol. The molecule has 3 nitrogen and oxygen atoms in total. The van der Waals surface area contributed by atoms with Crippen molar-refractivity contribution in [3.63, 3.8) is 0 Å². The highest BCUT2D eigenvalue weighted by Gasteiger charge is 2.23. The lowest BCUT2D eigenvalue weighted by atomic mass is 10.2. The summed E-state index contributed by atoms with van der Waals surface area (Å²) in [7, 11) is 0. The molecule has 0 aliphatic carbocycles. The lowest BCUT2D eigenvalue weighted by Gasteiger charge is -2.08. The van der Waals surface area contributed by atoms with Crippen LogP contribution >= 0.6 is 0 Å². The molecule has 2 rings (SSSR count). The van der Waals surface area contributed by atoms with Crippen LogP contribution in [0.2, 0.25) is 0 Å². The third kappa shape index (κ3) is 4.13. The average Bonchev–Trinajstić information content (AvgIpc) is 3.12. The number of hydrogen-bond acceptors (Lipinski definition) is 3. The molecule has 0 saturated carbocycles. The molecule has 1 saturated heterocycles. The second kappa shape index (κ2) is 5.77. The summed E-state index contributed by atoms with van der Waals surface area (Å²) in [6, 6.07) is 10.1. The maximum Gasteiger partial charge on any atom is 0.104 e. The number of hydrogen-bond donors (Lipinski definition) is 0. The second-order valence-electron chi connectivity index (χ2n) is 4.00. The van der Waals surface area contributed by atoms with Gasteiger partial charge in [-0.2, -0.15) is 0 Å². The molecule has 1 aromatic rings. The first-order valence-corrected chi connectivity index (χ1v) is 5.62. The molecule has 0 radical (unpaired) electrons. The fourth-order valence-electron chi connectivity index (χ4n) is 1.33. The van der Waals surface area contributed by atoms with Crippen LogP contribution in [0.15, 0.2) is 35.3 Å². The summed E-state index contributed by atoms with van der Waals surface area (Å²) in [4.78, 5) is 4.35. The highest BCUT2D eigenvalue weighted by molar-refractivity contribution is 5.79. The van der Waals surface area contributed by atoms with Crippen LogP contribution < -0.4 is 0 Å². The van der Waals surface area contributed by atoms with E-state index < -0.39 is 0 Å². The molecule has 16 heavy (non-hydrogen) atoms. The monoisotopic (exact) mass is 219 g/mol. The minimum absolute atomic E-state index is 0.157. The third-order valence-corrected chi connectivity index (χ3v) is 2.37. The Morgan fingerprint density at radius 1 is 1.50 bits per heavy atom. The molecule has 1 heterocycles. The molecule has 0 N–H and O–H groups in total. The predicted octanol–water partition coefficient (Wildman–Crippen LogP) is 1.91.